The molecule has 2 heterocycles. The molecule has 0 amide bonds. The normalized spacial score (nSPS) is 18.5. The van der Waals surface area contributed by atoms with E-state index in [2.05, 4.69) is 35.6 Å². The van der Waals surface area contributed by atoms with Crippen LogP contribution in [0.5, 0.6) is 0 Å². The van der Waals surface area contributed by atoms with Gasteiger partial charge in [-0.05, 0) is 48.4 Å². The van der Waals surface area contributed by atoms with Gasteiger partial charge in [-0.1, -0.05) is 0 Å². The molecule has 2 aromatic rings. The van der Waals surface area contributed by atoms with Crippen LogP contribution in [0.15, 0.2) is 6.07 Å². The highest BCUT2D eigenvalue weighted by atomic mass is 127. The number of ether oxygens (including phenoxy) is 1. The predicted molar refractivity (Wildman–Crippen MR) is 72.8 cm³/mol. The third-order valence-electron chi connectivity index (χ3n) is 2.57. The minimum Gasteiger partial charge on any atom is -0.368 e. The van der Waals surface area contributed by atoms with Gasteiger partial charge in [0.05, 0.1) is 7.58 Å². The molecule has 0 aromatic carbocycles. The lowest BCUT2D eigenvalue weighted by molar-refractivity contribution is 0.0396. The van der Waals surface area contributed by atoms with Crippen LogP contribution in [-0.4, -0.2) is 11.6 Å². The Kier molecular flexibility index (Phi) is 2.54. The lowest BCUT2D eigenvalue weighted by atomic mass is 10.3. The molecule has 0 N–H and O–H groups in total. The number of thiazole rings is 1. The van der Waals surface area contributed by atoms with Crippen LogP contribution >= 0.6 is 45.3 Å². The maximum Gasteiger partial charge on any atom is 0.135 e. The Labute approximate surface area is 110 Å². The van der Waals surface area contributed by atoms with E-state index in [1.165, 1.54) is 17.4 Å². The number of rotatable bonds is 3. The third-order valence-corrected chi connectivity index (χ3v) is 5.68. The second-order valence-corrected chi connectivity index (χ2v) is 7.62. The van der Waals surface area contributed by atoms with Crippen LogP contribution < -0.4 is 0 Å². The first kappa shape index (κ1) is 10.4. The van der Waals surface area contributed by atoms with Crippen molar-refractivity contribution in [3.63, 3.8) is 0 Å². The topological polar surface area (TPSA) is 22.1 Å². The molecule has 3 rings (SSSR count). The number of nitrogens with zero attached hydrogens (tertiary/aromatic N) is 1. The van der Waals surface area contributed by atoms with Gasteiger partial charge in [0.25, 0.3) is 0 Å². The van der Waals surface area contributed by atoms with Gasteiger partial charge in [0.2, 0.25) is 0 Å². The molecular formula is C10H10INOS2. The van der Waals surface area contributed by atoms with Crippen LogP contribution in [0.1, 0.15) is 24.8 Å². The van der Waals surface area contributed by atoms with Crippen molar-refractivity contribution in [2.24, 2.45) is 0 Å². The smallest absolute Gasteiger partial charge is 0.135 e. The number of fused-ring (bicyclic) bond motifs is 1. The van der Waals surface area contributed by atoms with Gasteiger partial charge in [-0.2, -0.15) is 0 Å². The summed E-state index contributed by atoms with van der Waals surface area (Å²) in [7, 11) is 0. The lowest BCUT2D eigenvalue weighted by Gasteiger charge is -2.10. The van der Waals surface area contributed by atoms with E-state index in [0.717, 1.165) is 19.4 Å². The van der Waals surface area contributed by atoms with Gasteiger partial charge in [-0.25, -0.2) is 4.98 Å². The molecule has 0 saturated heterocycles. The predicted octanol–water partition coefficient (Wildman–Crippen LogP) is 3.99. The van der Waals surface area contributed by atoms with E-state index in [-0.39, 0.29) is 5.60 Å². The van der Waals surface area contributed by atoms with Gasteiger partial charge >= 0.3 is 0 Å². The van der Waals surface area contributed by atoms with E-state index >= 15 is 0 Å². The van der Waals surface area contributed by atoms with E-state index in [1.54, 1.807) is 22.7 Å². The lowest BCUT2D eigenvalue weighted by Crippen LogP contribution is -2.10. The largest absolute Gasteiger partial charge is 0.368 e. The van der Waals surface area contributed by atoms with Gasteiger partial charge in [0.1, 0.15) is 15.4 Å². The molecule has 2 nitrogen and oxygen atoms in total. The van der Waals surface area contributed by atoms with Crippen LogP contribution in [0.25, 0.3) is 9.53 Å². The molecule has 2 aromatic heterocycles. The SMILES string of the molecule is CCOC1(c2nc3sc(I)cc3s2)CC1. The van der Waals surface area contributed by atoms with Crippen LogP contribution in [0.2, 0.25) is 0 Å². The average Bonchev–Trinajstić information content (AvgIpc) is 2.72. The molecular weight excluding hydrogens is 341 g/mol. The number of aromatic nitrogens is 1. The summed E-state index contributed by atoms with van der Waals surface area (Å²) in [6.07, 6.45) is 2.28. The van der Waals surface area contributed by atoms with Crippen molar-refractivity contribution in [2.75, 3.05) is 6.61 Å². The summed E-state index contributed by atoms with van der Waals surface area (Å²) >= 11 is 5.91. The van der Waals surface area contributed by atoms with Crippen LogP contribution in [0, 0.1) is 2.88 Å². The van der Waals surface area contributed by atoms with E-state index < -0.39 is 0 Å². The number of halogens is 1. The summed E-state index contributed by atoms with van der Waals surface area (Å²) in [4.78, 5) is 5.87. The first-order valence-corrected chi connectivity index (χ1v) is 7.65. The van der Waals surface area contributed by atoms with Gasteiger partial charge in [0.15, 0.2) is 0 Å². The number of thiophene rings is 1. The standard InChI is InChI=1S/C10H10INOS2/c1-2-13-10(3-4-10)9-12-8-6(14-9)5-7(11)15-8/h5H,2-4H2,1H3. The highest BCUT2D eigenvalue weighted by molar-refractivity contribution is 14.1. The van der Waals surface area contributed by atoms with Crippen LogP contribution in [0.4, 0.5) is 0 Å². The average molecular weight is 351 g/mol. The Morgan fingerprint density at radius 2 is 2.33 bits per heavy atom. The fourth-order valence-electron chi connectivity index (χ4n) is 1.71. The summed E-state index contributed by atoms with van der Waals surface area (Å²) in [6.45, 7) is 2.84. The van der Waals surface area contributed by atoms with Gasteiger partial charge in [0, 0.05) is 6.61 Å². The monoisotopic (exact) mass is 351 g/mol. The van der Waals surface area contributed by atoms with E-state index in [4.69, 9.17) is 9.72 Å². The highest BCUT2D eigenvalue weighted by Gasteiger charge is 2.48. The molecule has 1 saturated carbocycles. The first-order chi connectivity index (χ1) is 7.23. The van der Waals surface area contributed by atoms with Crippen molar-refractivity contribution in [2.45, 2.75) is 25.4 Å². The molecule has 1 aliphatic rings. The van der Waals surface area contributed by atoms with Gasteiger partial charge in [-0.3, -0.25) is 0 Å². The Balaban J connectivity index is 2.01. The Morgan fingerprint density at radius 1 is 1.53 bits per heavy atom. The zero-order valence-corrected chi connectivity index (χ0v) is 12.0. The summed E-state index contributed by atoms with van der Waals surface area (Å²) in [5.41, 5.74) is -0.0103. The Hall–Kier alpha value is 0.280. The minimum atomic E-state index is -0.0103. The van der Waals surface area contributed by atoms with E-state index in [0.29, 0.717) is 0 Å². The quantitative estimate of drug-likeness (QED) is 0.781. The summed E-state index contributed by atoms with van der Waals surface area (Å²) < 4.78 is 8.43. The minimum absolute atomic E-state index is 0.0103. The van der Waals surface area contributed by atoms with Crippen LogP contribution in [0.3, 0.4) is 0 Å². The van der Waals surface area contributed by atoms with E-state index in [1.807, 2.05) is 0 Å². The molecule has 80 valence electrons. The second-order valence-electron chi connectivity index (χ2n) is 3.67. The van der Waals surface area contributed by atoms with Crippen molar-refractivity contribution in [3.8, 4) is 0 Å². The fourth-order valence-corrected chi connectivity index (χ4v) is 5.00. The molecule has 5 heteroatoms. The molecule has 0 aliphatic heterocycles. The summed E-state index contributed by atoms with van der Waals surface area (Å²) in [5, 5.41) is 1.18. The molecule has 0 atom stereocenters. The van der Waals surface area contributed by atoms with Crippen molar-refractivity contribution in [1.29, 1.82) is 0 Å². The van der Waals surface area contributed by atoms with Crippen molar-refractivity contribution >= 4 is 54.8 Å². The number of hydrogen-bond acceptors (Lipinski definition) is 4. The molecule has 15 heavy (non-hydrogen) atoms. The summed E-state index contributed by atoms with van der Waals surface area (Å²) in [6, 6.07) is 2.21. The maximum atomic E-state index is 5.81. The van der Waals surface area contributed by atoms with Crippen LogP contribution in [-0.2, 0) is 10.3 Å². The Bertz CT molecular complexity index is 469. The van der Waals surface area contributed by atoms with Crippen molar-refractivity contribution in [3.05, 3.63) is 14.0 Å². The number of hydrogen-bond donors (Lipinski definition) is 0. The third kappa shape index (κ3) is 1.73. The molecule has 0 radical (unpaired) electrons. The van der Waals surface area contributed by atoms with Gasteiger partial charge < -0.3 is 4.74 Å². The van der Waals surface area contributed by atoms with Crippen molar-refractivity contribution in [1.82, 2.24) is 4.98 Å². The van der Waals surface area contributed by atoms with Crippen molar-refractivity contribution < 1.29 is 4.74 Å². The highest BCUT2D eigenvalue weighted by Crippen LogP contribution is 2.51. The van der Waals surface area contributed by atoms with Gasteiger partial charge in [-0.15, -0.1) is 22.7 Å². The maximum absolute atomic E-state index is 5.81. The zero-order chi connectivity index (χ0) is 10.5. The first-order valence-electron chi connectivity index (χ1n) is 4.94. The molecule has 0 bridgehead atoms. The second kappa shape index (κ2) is 3.65. The zero-order valence-electron chi connectivity index (χ0n) is 8.25. The summed E-state index contributed by atoms with van der Waals surface area (Å²) in [5.74, 6) is 0. The molecule has 1 fully saturated rings. The molecule has 0 spiro atoms. The van der Waals surface area contributed by atoms with E-state index in [9.17, 15) is 0 Å². The fraction of sp³-hybridized carbons (Fsp3) is 0.500. The molecule has 1 aliphatic carbocycles. The Morgan fingerprint density at radius 3 is 2.93 bits per heavy atom. The molecule has 0 unspecified atom stereocenters.